The monoisotopic (exact) mass is 390 g/mol. The van der Waals surface area contributed by atoms with E-state index in [1.54, 1.807) is 48.2 Å². The predicted molar refractivity (Wildman–Crippen MR) is 107 cm³/mol. The number of hydrogen-bond acceptors (Lipinski definition) is 4. The molecule has 1 unspecified atom stereocenters. The van der Waals surface area contributed by atoms with E-state index in [1.165, 1.54) is 6.07 Å². The van der Waals surface area contributed by atoms with E-state index in [4.69, 9.17) is 4.74 Å². The third kappa shape index (κ3) is 6.94. The van der Waals surface area contributed by atoms with Crippen LogP contribution in [-0.4, -0.2) is 36.5 Å². The van der Waals surface area contributed by atoms with Gasteiger partial charge in [-0.2, -0.15) is 11.8 Å². The third-order valence-corrected chi connectivity index (χ3v) is 4.40. The largest absolute Gasteiger partial charge is 0.484 e. The Morgan fingerprint density at radius 1 is 1.19 bits per heavy atom. The van der Waals surface area contributed by atoms with Crippen LogP contribution >= 0.6 is 11.8 Å². The molecule has 1 atom stereocenters. The number of benzene rings is 2. The maximum absolute atomic E-state index is 13.9. The first-order valence-electron chi connectivity index (χ1n) is 8.52. The lowest BCUT2D eigenvalue weighted by Crippen LogP contribution is -2.46. The standard InChI is InChI=1S/C20H23FN2O3S/c1-14-8-9-16(21)18(12-14)23-20(25)17(10-11-27-2)22-19(24)13-26-15-6-4-3-5-7-15/h3-9,12,17H,10-11,13H2,1-2H3,(H,22,24)(H,23,25). The molecule has 0 fully saturated rings. The number of nitrogens with one attached hydrogen (secondary N) is 2. The number of ether oxygens (including phenoxy) is 1. The van der Waals surface area contributed by atoms with Gasteiger partial charge in [-0.25, -0.2) is 4.39 Å². The van der Waals surface area contributed by atoms with Crippen LogP contribution in [0, 0.1) is 12.7 Å². The number of thioether (sulfide) groups is 1. The number of amides is 2. The van der Waals surface area contributed by atoms with Crippen molar-refractivity contribution in [3.63, 3.8) is 0 Å². The van der Waals surface area contributed by atoms with E-state index in [1.807, 2.05) is 19.2 Å². The first-order chi connectivity index (χ1) is 13.0. The van der Waals surface area contributed by atoms with Gasteiger partial charge in [0.15, 0.2) is 6.61 Å². The van der Waals surface area contributed by atoms with Crippen LogP contribution in [0.4, 0.5) is 10.1 Å². The molecule has 7 heteroatoms. The summed E-state index contributed by atoms with van der Waals surface area (Å²) in [7, 11) is 0. The van der Waals surface area contributed by atoms with Crippen LogP contribution in [0.5, 0.6) is 5.75 Å². The second-order valence-corrected chi connectivity index (χ2v) is 6.96. The highest BCUT2D eigenvalue weighted by molar-refractivity contribution is 7.98. The molecule has 2 aromatic carbocycles. The highest BCUT2D eigenvalue weighted by Crippen LogP contribution is 2.16. The van der Waals surface area contributed by atoms with E-state index in [-0.39, 0.29) is 12.3 Å². The van der Waals surface area contributed by atoms with E-state index in [0.29, 0.717) is 17.9 Å². The van der Waals surface area contributed by atoms with Gasteiger partial charge in [-0.05, 0) is 55.2 Å². The molecule has 0 bridgehead atoms. The number of halogens is 1. The fraction of sp³-hybridized carbons (Fsp3) is 0.300. The molecule has 2 amide bonds. The molecule has 0 saturated heterocycles. The van der Waals surface area contributed by atoms with Gasteiger partial charge in [0.05, 0.1) is 5.69 Å². The second kappa shape index (κ2) is 10.6. The summed E-state index contributed by atoms with van der Waals surface area (Å²) in [5, 5.41) is 5.22. The molecular weight excluding hydrogens is 367 g/mol. The van der Waals surface area contributed by atoms with Gasteiger partial charge in [0, 0.05) is 0 Å². The fourth-order valence-corrected chi connectivity index (χ4v) is 2.83. The summed E-state index contributed by atoms with van der Waals surface area (Å²) in [5.41, 5.74) is 0.927. The zero-order valence-electron chi connectivity index (χ0n) is 15.3. The maximum Gasteiger partial charge on any atom is 0.258 e. The lowest BCUT2D eigenvalue weighted by atomic mass is 10.1. The summed E-state index contributed by atoms with van der Waals surface area (Å²) in [6, 6.07) is 12.6. The number of rotatable bonds is 9. The van der Waals surface area contributed by atoms with Crippen molar-refractivity contribution >= 4 is 29.3 Å². The van der Waals surface area contributed by atoms with Gasteiger partial charge >= 0.3 is 0 Å². The van der Waals surface area contributed by atoms with Gasteiger partial charge in [0.2, 0.25) is 5.91 Å². The van der Waals surface area contributed by atoms with E-state index in [9.17, 15) is 14.0 Å². The average Bonchev–Trinajstić information content (AvgIpc) is 2.67. The van der Waals surface area contributed by atoms with Gasteiger partial charge in [0.1, 0.15) is 17.6 Å². The number of para-hydroxylation sites is 1. The molecule has 2 rings (SSSR count). The normalized spacial score (nSPS) is 11.5. The Kier molecular flexibility index (Phi) is 8.13. The summed E-state index contributed by atoms with van der Waals surface area (Å²) in [5.74, 6) is -0.142. The van der Waals surface area contributed by atoms with E-state index >= 15 is 0 Å². The van der Waals surface area contributed by atoms with Gasteiger partial charge < -0.3 is 15.4 Å². The Labute approximate surface area is 162 Å². The minimum atomic E-state index is -0.774. The predicted octanol–water partition coefficient (Wildman–Crippen LogP) is 3.39. The van der Waals surface area contributed by atoms with Crippen LogP contribution < -0.4 is 15.4 Å². The molecular formula is C20H23FN2O3S. The highest BCUT2D eigenvalue weighted by atomic mass is 32.2. The van der Waals surface area contributed by atoms with Crippen LogP contribution in [0.2, 0.25) is 0 Å². The molecule has 0 aromatic heterocycles. The summed E-state index contributed by atoms with van der Waals surface area (Å²) >= 11 is 1.56. The van der Waals surface area contributed by atoms with Crippen molar-refractivity contribution in [2.75, 3.05) is 23.9 Å². The summed E-state index contributed by atoms with van der Waals surface area (Å²) in [4.78, 5) is 24.7. The lowest BCUT2D eigenvalue weighted by molar-refractivity contribution is -0.127. The van der Waals surface area contributed by atoms with E-state index < -0.39 is 23.7 Å². The van der Waals surface area contributed by atoms with Crippen LogP contribution in [0.1, 0.15) is 12.0 Å². The Hall–Kier alpha value is -2.54. The van der Waals surface area contributed by atoms with Crippen LogP contribution in [0.15, 0.2) is 48.5 Å². The number of carbonyl (C=O) groups excluding carboxylic acids is 2. The average molecular weight is 390 g/mol. The minimum Gasteiger partial charge on any atom is -0.484 e. The van der Waals surface area contributed by atoms with Crippen molar-refractivity contribution in [1.82, 2.24) is 5.32 Å². The lowest BCUT2D eigenvalue weighted by Gasteiger charge is -2.19. The topological polar surface area (TPSA) is 67.4 Å². The Morgan fingerprint density at radius 2 is 1.93 bits per heavy atom. The fourth-order valence-electron chi connectivity index (χ4n) is 2.36. The van der Waals surface area contributed by atoms with Crippen molar-refractivity contribution in [3.05, 3.63) is 59.9 Å². The second-order valence-electron chi connectivity index (χ2n) is 5.98. The zero-order valence-corrected chi connectivity index (χ0v) is 16.1. The number of aryl methyl sites for hydroxylation is 1. The molecule has 2 N–H and O–H groups in total. The molecule has 2 aromatic rings. The molecule has 0 aliphatic rings. The Morgan fingerprint density at radius 3 is 2.63 bits per heavy atom. The van der Waals surface area contributed by atoms with Gasteiger partial charge in [-0.3, -0.25) is 9.59 Å². The van der Waals surface area contributed by atoms with Crippen molar-refractivity contribution in [2.45, 2.75) is 19.4 Å². The van der Waals surface area contributed by atoms with Crippen LogP contribution in [0.3, 0.4) is 0 Å². The van der Waals surface area contributed by atoms with Crippen LogP contribution in [0.25, 0.3) is 0 Å². The third-order valence-electron chi connectivity index (χ3n) is 3.76. The van der Waals surface area contributed by atoms with Gasteiger partial charge in [-0.15, -0.1) is 0 Å². The first-order valence-corrected chi connectivity index (χ1v) is 9.92. The molecule has 144 valence electrons. The summed E-state index contributed by atoms with van der Waals surface area (Å²) < 4.78 is 19.3. The van der Waals surface area contributed by atoms with Gasteiger partial charge in [-0.1, -0.05) is 24.3 Å². The molecule has 27 heavy (non-hydrogen) atoms. The zero-order chi connectivity index (χ0) is 19.6. The quantitative estimate of drug-likeness (QED) is 0.689. The maximum atomic E-state index is 13.9. The first kappa shape index (κ1) is 20.8. The smallest absolute Gasteiger partial charge is 0.258 e. The summed E-state index contributed by atoms with van der Waals surface area (Å²) in [6.07, 6.45) is 2.34. The summed E-state index contributed by atoms with van der Waals surface area (Å²) in [6.45, 7) is 1.61. The number of anilines is 1. The van der Waals surface area contributed by atoms with E-state index in [2.05, 4.69) is 10.6 Å². The Bertz CT molecular complexity index is 771. The van der Waals surface area contributed by atoms with Crippen molar-refractivity contribution in [1.29, 1.82) is 0 Å². The molecule has 0 radical (unpaired) electrons. The molecule has 0 saturated carbocycles. The number of hydrogen-bond donors (Lipinski definition) is 2. The molecule has 5 nitrogen and oxygen atoms in total. The van der Waals surface area contributed by atoms with Crippen molar-refractivity contribution in [2.24, 2.45) is 0 Å². The van der Waals surface area contributed by atoms with Crippen LogP contribution in [-0.2, 0) is 9.59 Å². The molecule has 0 aliphatic carbocycles. The van der Waals surface area contributed by atoms with Crippen molar-refractivity contribution < 1.29 is 18.7 Å². The molecule has 0 heterocycles. The SMILES string of the molecule is CSCCC(NC(=O)COc1ccccc1)C(=O)Nc1cc(C)ccc1F. The molecule has 0 aliphatic heterocycles. The van der Waals surface area contributed by atoms with Crippen molar-refractivity contribution in [3.8, 4) is 5.75 Å². The van der Waals surface area contributed by atoms with Gasteiger partial charge in [0.25, 0.3) is 5.91 Å². The highest BCUT2D eigenvalue weighted by Gasteiger charge is 2.21. The van der Waals surface area contributed by atoms with E-state index in [0.717, 1.165) is 5.56 Å². The number of carbonyl (C=O) groups is 2. The minimum absolute atomic E-state index is 0.101. The Balaban J connectivity index is 1.97. The molecule has 0 spiro atoms.